The van der Waals surface area contributed by atoms with Crippen molar-refractivity contribution in [2.75, 3.05) is 39.1 Å². The number of carbonyl (C=O) groups excluding carboxylic acids is 1. The van der Waals surface area contributed by atoms with Gasteiger partial charge in [-0.1, -0.05) is 11.6 Å². The number of rotatable bonds is 3. The lowest BCUT2D eigenvalue weighted by molar-refractivity contribution is -0.0702. The number of morpholine rings is 1. The number of methoxy groups -OCH3 is 1. The average Bonchev–Trinajstić information content (AvgIpc) is 2.52. The molecule has 2 aliphatic rings. The molecule has 0 aliphatic carbocycles. The van der Waals surface area contributed by atoms with Crippen LogP contribution in [0.3, 0.4) is 0 Å². The molecule has 0 radical (unpaired) electrons. The fourth-order valence-electron chi connectivity index (χ4n) is 3.01. The van der Waals surface area contributed by atoms with E-state index in [1.54, 1.807) is 12.1 Å². The monoisotopic (exact) mass is 325 g/mol. The molecule has 1 aromatic carbocycles. The molecule has 3 atom stereocenters. The number of hydrogen-bond donors (Lipinski definition) is 2. The third-order valence-electron chi connectivity index (χ3n) is 4.26. The van der Waals surface area contributed by atoms with Crippen LogP contribution in [0.15, 0.2) is 12.1 Å². The lowest BCUT2D eigenvalue weighted by atomic mass is 9.99. The molecule has 7 heteroatoms. The SMILES string of the molecule is COc1cc(N)c(Cl)cc1C(=O)N[C@@H]1CCN2CCO[C@H]1C2. The highest BCUT2D eigenvalue weighted by atomic mass is 35.5. The Morgan fingerprint density at radius 1 is 1.50 bits per heavy atom. The third-order valence-corrected chi connectivity index (χ3v) is 4.59. The van der Waals surface area contributed by atoms with E-state index in [2.05, 4.69) is 10.2 Å². The van der Waals surface area contributed by atoms with Crippen LogP contribution < -0.4 is 15.8 Å². The minimum Gasteiger partial charge on any atom is -0.496 e. The maximum atomic E-state index is 12.6. The first kappa shape index (κ1) is 15.4. The van der Waals surface area contributed by atoms with E-state index in [0.717, 1.165) is 26.1 Å². The Morgan fingerprint density at radius 3 is 3.09 bits per heavy atom. The Balaban J connectivity index is 1.75. The summed E-state index contributed by atoms with van der Waals surface area (Å²) in [5.41, 5.74) is 6.52. The van der Waals surface area contributed by atoms with Gasteiger partial charge in [0.1, 0.15) is 5.75 Å². The van der Waals surface area contributed by atoms with Gasteiger partial charge in [0.15, 0.2) is 0 Å². The van der Waals surface area contributed by atoms with E-state index in [4.69, 9.17) is 26.8 Å². The molecular weight excluding hydrogens is 306 g/mol. The van der Waals surface area contributed by atoms with Gasteiger partial charge in [0.05, 0.1) is 42.1 Å². The molecule has 0 saturated carbocycles. The van der Waals surface area contributed by atoms with Crippen molar-refractivity contribution in [2.24, 2.45) is 0 Å². The standard InChI is InChI=1S/C15H20ClN3O3/c1-21-13-7-11(17)10(16)6-9(13)15(20)18-12-2-3-19-4-5-22-14(12)8-19/h6-7,12,14H,2-5,8,17H2,1H3,(H,18,20)/t12-,14+/m1/s1. The molecule has 120 valence electrons. The molecule has 2 heterocycles. The zero-order valence-electron chi connectivity index (χ0n) is 12.5. The van der Waals surface area contributed by atoms with Gasteiger partial charge >= 0.3 is 0 Å². The van der Waals surface area contributed by atoms with Crippen molar-refractivity contribution in [3.05, 3.63) is 22.7 Å². The Bertz CT molecular complexity index is 581. The van der Waals surface area contributed by atoms with Gasteiger partial charge in [0, 0.05) is 25.7 Å². The molecule has 2 saturated heterocycles. The lowest BCUT2D eigenvalue weighted by Gasteiger charge is -2.42. The summed E-state index contributed by atoms with van der Waals surface area (Å²) < 4.78 is 11.0. The number of ether oxygens (including phenoxy) is 2. The van der Waals surface area contributed by atoms with Gasteiger partial charge in [-0.3, -0.25) is 9.69 Å². The van der Waals surface area contributed by atoms with Crippen LogP contribution in [0.25, 0.3) is 0 Å². The topological polar surface area (TPSA) is 76.8 Å². The highest BCUT2D eigenvalue weighted by molar-refractivity contribution is 6.33. The molecule has 2 aliphatic heterocycles. The number of amides is 1. The molecule has 1 amide bonds. The number of fused-ring (bicyclic) bond motifs is 2. The highest BCUT2D eigenvalue weighted by Gasteiger charge is 2.34. The van der Waals surface area contributed by atoms with Crippen molar-refractivity contribution < 1.29 is 14.3 Å². The van der Waals surface area contributed by atoms with Crippen molar-refractivity contribution in [3.8, 4) is 5.75 Å². The first-order valence-corrected chi connectivity index (χ1v) is 7.74. The van der Waals surface area contributed by atoms with Crippen LogP contribution >= 0.6 is 11.6 Å². The number of halogens is 1. The van der Waals surface area contributed by atoms with Crippen molar-refractivity contribution in [2.45, 2.75) is 18.6 Å². The maximum absolute atomic E-state index is 12.6. The first-order valence-electron chi connectivity index (χ1n) is 7.36. The maximum Gasteiger partial charge on any atom is 0.255 e. The predicted octanol–water partition coefficient (Wildman–Crippen LogP) is 1.13. The fourth-order valence-corrected chi connectivity index (χ4v) is 3.18. The number of nitrogens with one attached hydrogen (secondary N) is 1. The number of carbonyl (C=O) groups is 1. The van der Waals surface area contributed by atoms with E-state index in [-0.39, 0.29) is 18.1 Å². The van der Waals surface area contributed by atoms with Gasteiger partial charge in [-0.05, 0) is 12.5 Å². The van der Waals surface area contributed by atoms with E-state index >= 15 is 0 Å². The minimum absolute atomic E-state index is 0.00471. The lowest BCUT2D eigenvalue weighted by Crippen LogP contribution is -2.58. The second-order valence-electron chi connectivity index (χ2n) is 5.65. The normalized spacial score (nSPS) is 27.3. The van der Waals surface area contributed by atoms with Crippen LogP contribution in [-0.4, -0.2) is 56.3 Å². The number of nitrogen functional groups attached to an aromatic ring is 1. The molecule has 3 N–H and O–H groups in total. The Labute approximate surface area is 134 Å². The number of nitrogens with two attached hydrogens (primary N) is 1. The fraction of sp³-hybridized carbons (Fsp3) is 0.533. The summed E-state index contributed by atoms with van der Waals surface area (Å²) in [5, 5.41) is 3.38. The van der Waals surface area contributed by atoms with Crippen LogP contribution in [0.4, 0.5) is 5.69 Å². The van der Waals surface area contributed by atoms with Crippen LogP contribution in [-0.2, 0) is 4.74 Å². The summed E-state index contributed by atoms with van der Waals surface area (Å²) in [6.07, 6.45) is 0.920. The molecule has 22 heavy (non-hydrogen) atoms. The van der Waals surface area contributed by atoms with Gasteiger partial charge < -0.3 is 20.5 Å². The largest absolute Gasteiger partial charge is 0.496 e. The molecule has 1 unspecified atom stereocenters. The van der Waals surface area contributed by atoms with Crippen LogP contribution in [0, 0.1) is 0 Å². The van der Waals surface area contributed by atoms with Gasteiger partial charge in [0.2, 0.25) is 0 Å². The van der Waals surface area contributed by atoms with Gasteiger partial charge in [0.25, 0.3) is 5.91 Å². The molecule has 6 nitrogen and oxygen atoms in total. The van der Waals surface area contributed by atoms with Crippen molar-refractivity contribution >= 4 is 23.2 Å². The van der Waals surface area contributed by atoms with Crippen molar-refractivity contribution in [3.63, 3.8) is 0 Å². The summed E-state index contributed by atoms with van der Waals surface area (Å²) >= 11 is 6.02. The van der Waals surface area contributed by atoms with E-state index in [0.29, 0.717) is 28.6 Å². The summed E-state index contributed by atoms with van der Waals surface area (Å²) in [7, 11) is 1.50. The number of hydrogen-bond acceptors (Lipinski definition) is 5. The van der Waals surface area contributed by atoms with Crippen LogP contribution in [0.2, 0.25) is 5.02 Å². The second kappa shape index (κ2) is 6.32. The van der Waals surface area contributed by atoms with Crippen LogP contribution in [0.5, 0.6) is 5.75 Å². The quantitative estimate of drug-likeness (QED) is 0.815. The second-order valence-corrected chi connectivity index (χ2v) is 6.06. The number of anilines is 1. The Kier molecular flexibility index (Phi) is 4.42. The molecule has 0 spiro atoms. The minimum atomic E-state index is -0.216. The summed E-state index contributed by atoms with van der Waals surface area (Å²) in [4.78, 5) is 14.9. The van der Waals surface area contributed by atoms with E-state index in [9.17, 15) is 4.79 Å². The first-order chi connectivity index (χ1) is 10.6. The summed E-state index contributed by atoms with van der Waals surface area (Å²) in [6.45, 7) is 3.53. The van der Waals surface area contributed by atoms with E-state index < -0.39 is 0 Å². The molecule has 0 aromatic heterocycles. The molecule has 2 bridgehead atoms. The van der Waals surface area contributed by atoms with Crippen molar-refractivity contribution in [1.29, 1.82) is 0 Å². The molecule has 2 fully saturated rings. The molecule has 1 aromatic rings. The van der Waals surface area contributed by atoms with E-state index in [1.165, 1.54) is 7.11 Å². The average molecular weight is 326 g/mol. The third kappa shape index (κ3) is 2.99. The zero-order chi connectivity index (χ0) is 15.7. The Morgan fingerprint density at radius 2 is 2.32 bits per heavy atom. The van der Waals surface area contributed by atoms with Gasteiger partial charge in [-0.15, -0.1) is 0 Å². The van der Waals surface area contributed by atoms with Gasteiger partial charge in [-0.2, -0.15) is 0 Å². The summed E-state index contributed by atoms with van der Waals surface area (Å²) in [5.74, 6) is 0.202. The van der Waals surface area contributed by atoms with E-state index in [1.807, 2.05) is 0 Å². The summed E-state index contributed by atoms with van der Waals surface area (Å²) in [6, 6.07) is 3.11. The molecular formula is C15H20ClN3O3. The molecule has 3 rings (SSSR count). The number of piperidine rings is 1. The van der Waals surface area contributed by atoms with Gasteiger partial charge in [-0.25, -0.2) is 0 Å². The smallest absolute Gasteiger partial charge is 0.255 e. The van der Waals surface area contributed by atoms with Crippen LogP contribution in [0.1, 0.15) is 16.8 Å². The van der Waals surface area contributed by atoms with Crippen molar-refractivity contribution in [1.82, 2.24) is 10.2 Å². The number of benzene rings is 1. The Hall–Kier alpha value is -1.50. The predicted molar refractivity (Wildman–Crippen MR) is 84.5 cm³/mol. The zero-order valence-corrected chi connectivity index (χ0v) is 13.2. The highest BCUT2D eigenvalue weighted by Crippen LogP contribution is 2.29. The number of nitrogens with zero attached hydrogens (tertiary/aromatic N) is 1.